The molecule has 1 aromatic heterocycles. The van der Waals surface area contributed by atoms with Gasteiger partial charge in [-0.3, -0.25) is 0 Å². The van der Waals surface area contributed by atoms with Gasteiger partial charge in [-0.15, -0.1) is 0 Å². The smallest absolute Gasteiger partial charge is 0.217 e. The highest BCUT2D eigenvalue weighted by molar-refractivity contribution is 9.10. The average molecular weight is 285 g/mol. The lowest BCUT2D eigenvalue weighted by atomic mass is 9.88. The molecule has 0 N–H and O–H groups in total. The lowest BCUT2D eigenvalue weighted by molar-refractivity contribution is 0.0971. The van der Waals surface area contributed by atoms with Crippen LogP contribution in [0.15, 0.2) is 10.7 Å². The minimum atomic E-state index is 0.315. The van der Waals surface area contributed by atoms with Crippen molar-refractivity contribution in [3.05, 3.63) is 16.5 Å². The molecule has 3 nitrogen and oxygen atoms in total. The summed E-state index contributed by atoms with van der Waals surface area (Å²) in [4.78, 5) is 8.47. The van der Waals surface area contributed by atoms with E-state index in [2.05, 4.69) is 32.8 Å². The first-order chi connectivity index (χ1) is 7.65. The SMILES string of the molecule is Cc1nc(Br)cc(OC2CCCCC2C)n1. The quantitative estimate of drug-likeness (QED) is 0.780. The van der Waals surface area contributed by atoms with Crippen LogP contribution in [0.25, 0.3) is 0 Å². The van der Waals surface area contributed by atoms with Gasteiger partial charge in [0.1, 0.15) is 16.5 Å². The molecular weight excluding hydrogens is 268 g/mol. The topological polar surface area (TPSA) is 35.0 Å². The van der Waals surface area contributed by atoms with Crippen LogP contribution in [-0.4, -0.2) is 16.1 Å². The van der Waals surface area contributed by atoms with E-state index in [4.69, 9.17) is 4.74 Å². The third-order valence-corrected chi connectivity index (χ3v) is 3.49. The number of halogens is 1. The van der Waals surface area contributed by atoms with Gasteiger partial charge < -0.3 is 4.74 Å². The molecule has 16 heavy (non-hydrogen) atoms. The summed E-state index contributed by atoms with van der Waals surface area (Å²) < 4.78 is 6.74. The van der Waals surface area contributed by atoms with Crippen LogP contribution in [0.4, 0.5) is 0 Å². The zero-order valence-corrected chi connectivity index (χ0v) is 11.3. The van der Waals surface area contributed by atoms with Gasteiger partial charge in [0.2, 0.25) is 5.88 Å². The normalized spacial score (nSPS) is 25.4. The van der Waals surface area contributed by atoms with Crippen molar-refractivity contribution in [2.75, 3.05) is 0 Å². The fourth-order valence-electron chi connectivity index (χ4n) is 2.18. The van der Waals surface area contributed by atoms with Crippen molar-refractivity contribution in [2.45, 2.75) is 45.6 Å². The third kappa shape index (κ3) is 2.94. The third-order valence-electron chi connectivity index (χ3n) is 3.09. The van der Waals surface area contributed by atoms with Crippen molar-refractivity contribution in [1.29, 1.82) is 0 Å². The first-order valence-electron chi connectivity index (χ1n) is 5.83. The molecule has 0 aromatic carbocycles. The van der Waals surface area contributed by atoms with Gasteiger partial charge in [0.15, 0.2) is 0 Å². The van der Waals surface area contributed by atoms with Crippen LogP contribution in [0.3, 0.4) is 0 Å². The van der Waals surface area contributed by atoms with E-state index in [9.17, 15) is 0 Å². The Morgan fingerprint density at radius 2 is 2.06 bits per heavy atom. The second kappa shape index (κ2) is 5.13. The minimum Gasteiger partial charge on any atom is -0.474 e. The van der Waals surface area contributed by atoms with Gasteiger partial charge in [-0.2, -0.15) is 4.98 Å². The van der Waals surface area contributed by atoms with E-state index in [1.54, 1.807) is 0 Å². The summed E-state index contributed by atoms with van der Waals surface area (Å²) in [5, 5.41) is 0. The Morgan fingerprint density at radius 3 is 2.75 bits per heavy atom. The van der Waals surface area contributed by atoms with Crippen LogP contribution < -0.4 is 4.74 Å². The Morgan fingerprint density at radius 1 is 1.31 bits per heavy atom. The predicted octanol–water partition coefficient (Wildman–Crippen LogP) is 3.51. The number of hydrogen-bond donors (Lipinski definition) is 0. The molecule has 0 aliphatic heterocycles. The maximum absolute atomic E-state index is 5.95. The summed E-state index contributed by atoms with van der Waals surface area (Å²) in [6.07, 6.45) is 5.31. The lowest BCUT2D eigenvalue weighted by Gasteiger charge is -2.28. The molecule has 4 heteroatoms. The molecule has 1 aromatic rings. The molecule has 88 valence electrons. The molecule has 0 radical (unpaired) electrons. The van der Waals surface area contributed by atoms with Crippen molar-refractivity contribution in [3.63, 3.8) is 0 Å². The molecule has 1 heterocycles. The fourth-order valence-corrected chi connectivity index (χ4v) is 2.63. The van der Waals surface area contributed by atoms with E-state index in [0.717, 1.165) is 16.8 Å². The van der Waals surface area contributed by atoms with Gasteiger partial charge in [0.05, 0.1) is 0 Å². The Kier molecular flexibility index (Phi) is 3.79. The molecule has 0 bridgehead atoms. The maximum atomic E-state index is 5.95. The van der Waals surface area contributed by atoms with E-state index in [1.165, 1.54) is 19.3 Å². The molecule has 0 spiro atoms. The Hall–Kier alpha value is -0.640. The molecule has 2 rings (SSSR count). The zero-order valence-electron chi connectivity index (χ0n) is 9.74. The predicted molar refractivity (Wildman–Crippen MR) is 66.5 cm³/mol. The molecule has 1 aliphatic carbocycles. The van der Waals surface area contributed by atoms with Crippen molar-refractivity contribution < 1.29 is 4.74 Å². The number of aryl methyl sites for hydroxylation is 1. The molecule has 2 atom stereocenters. The van der Waals surface area contributed by atoms with Crippen molar-refractivity contribution in [3.8, 4) is 5.88 Å². The average Bonchev–Trinajstić information content (AvgIpc) is 2.20. The van der Waals surface area contributed by atoms with Gasteiger partial charge >= 0.3 is 0 Å². The van der Waals surface area contributed by atoms with E-state index < -0.39 is 0 Å². The van der Waals surface area contributed by atoms with Crippen LogP contribution >= 0.6 is 15.9 Å². The highest BCUT2D eigenvalue weighted by Crippen LogP contribution is 2.27. The van der Waals surface area contributed by atoms with Gasteiger partial charge in [0, 0.05) is 6.07 Å². The van der Waals surface area contributed by atoms with Crippen molar-refractivity contribution in [1.82, 2.24) is 9.97 Å². The highest BCUT2D eigenvalue weighted by atomic mass is 79.9. The monoisotopic (exact) mass is 284 g/mol. The number of ether oxygens (including phenoxy) is 1. The summed E-state index contributed by atoms with van der Waals surface area (Å²) in [5.41, 5.74) is 0. The van der Waals surface area contributed by atoms with E-state index in [1.807, 2.05) is 13.0 Å². The Bertz CT molecular complexity index is 350. The number of hydrogen-bond acceptors (Lipinski definition) is 3. The molecule has 1 fully saturated rings. The van der Waals surface area contributed by atoms with Gasteiger partial charge in [0.25, 0.3) is 0 Å². The van der Waals surface area contributed by atoms with Crippen LogP contribution in [0, 0.1) is 12.8 Å². The largest absolute Gasteiger partial charge is 0.474 e. The molecule has 1 saturated carbocycles. The highest BCUT2D eigenvalue weighted by Gasteiger charge is 2.23. The summed E-state index contributed by atoms with van der Waals surface area (Å²) in [5.74, 6) is 2.06. The lowest BCUT2D eigenvalue weighted by Crippen LogP contribution is -2.28. The first-order valence-corrected chi connectivity index (χ1v) is 6.62. The van der Waals surface area contributed by atoms with Crippen LogP contribution in [0.2, 0.25) is 0 Å². The fraction of sp³-hybridized carbons (Fsp3) is 0.667. The zero-order chi connectivity index (χ0) is 11.5. The van der Waals surface area contributed by atoms with E-state index in [-0.39, 0.29) is 0 Å². The molecule has 1 aliphatic rings. The Labute approximate surface area is 105 Å². The number of aromatic nitrogens is 2. The first kappa shape index (κ1) is 11.8. The van der Waals surface area contributed by atoms with Gasteiger partial charge in [-0.25, -0.2) is 4.98 Å². The maximum Gasteiger partial charge on any atom is 0.217 e. The summed E-state index contributed by atoms with van der Waals surface area (Å²) in [6, 6.07) is 1.84. The number of nitrogens with zero attached hydrogens (tertiary/aromatic N) is 2. The molecule has 2 unspecified atom stereocenters. The van der Waals surface area contributed by atoms with Crippen LogP contribution in [0.1, 0.15) is 38.4 Å². The standard InChI is InChI=1S/C12H17BrN2O/c1-8-5-3-4-6-10(8)16-12-7-11(13)14-9(2)15-12/h7-8,10H,3-6H2,1-2H3. The summed E-state index contributed by atoms with van der Waals surface area (Å²) in [7, 11) is 0. The Balaban J connectivity index is 2.07. The van der Waals surface area contributed by atoms with Crippen LogP contribution in [-0.2, 0) is 0 Å². The second-order valence-corrected chi connectivity index (χ2v) is 5.31. The molecular formula is C12H17BrN2O. The molecule has 0 saturated heterocycles. The molecule has 0 amide bonds. The van der Waals surface area contributed by atoms with E-state index >= 15 is 0 Å². The minimum absolute atomic E-state index is 0.315. The van der Waals surface area contributed by atoms with Gasteiger partial charge in [-0.1, -0.05) is 13.3 Å². The van der Waals surface area contributed by atoms with Crippen molar-refractivity contribution >= 4 is 15.9 Å². The van der Waals surface area contributed by atoms with Crippen LogP contribution in [0.5, 0.6) is 5.88 Å². The number of rotatable bonds is 2. The van der Waals surface area contributed by atoms with Gasteiger partial charge in [-0.05, 0) is 48.0 Å². The summed E-state index contributed by atoms with van der Waals surface area (Å²) >= 11 is 3.36. The van der Waals surface area contributed by atoms with E-state index in [0.29, 0.717) is 17.9 Å². The van der Waals surface area contributed by atoms with Crippen molar-refractivity contribution in [2.24, 2.45) is 5.92 Å². The summed E-state index contributed by atoms with van der Waals surface area (Å²) in [6.45, 7) is 4.13. The second-order valence-electron chi connectivity index (χ2n) is 4.49.